The van der Waals surface area contributed by atoms with Gasteiger partial charge in [-0.15, -0.1) is 0 Å². The minimum absolute atomic E-state index is 0.521. The molecule has 0 aromatic heterocycles. The van der Waals surface area contributed by atoms with Gasteiger partial charge >= 0.3 is 23.3 Å². The van der Waals surface area contributed by atoms with Gasteiger partial charge in [-0.05, 0) is 0 Å². The summed E-state index contributed by atoms with van der Waals surface area (Å²) in [6, 6.07) is 0. The van der Waals surface area contributed by atoms with E-state index in [1.165, 1.54) is 0 Å². The van der Waals surface area contributed by atoms with Crippen LogP contribution < -0.4 is 0 Å². The van der Waals surface area contributed by atoms with Crippen LogP contribution in [0.1, 0.15) is 0 Å². The lowest BCUT2D eigenvalue weighted by Crippen LogP contribution is -2.69. The van der Waals surface area contributed by atoms with Crippen LogP contribution in [0, 0.1) is 0 Å². The number of rotatable bonds is 1. The summed E-state index contributed by atoms with van der Waals surface area (Å²) >= 11 is -0.521. The summed E-state index contributed by atoms with van der Waals surface area (Å²) in [6.07, 6.45) is -21.2. The Morgan fingerprint density at radius 1 is 0.647 bits per heavy atom. The van der Waals surface area contributed by atoms with E-state index in [4.69, 9.17) is 0 Å². The molecule has 17 heavy (non-hydrogen) atoms. The maximum atomic E-state index is 12.0. The van der Waals surface area contributed by atoms with E-state index >= 15 is 0 Å². The highest BCUT2D eigenvalue weighted by Gasteiger charge is 2.90. The van der Waals surface area contributed by atoms with Crippen molar-refractivity contribution in [1.29, 1.82) is 0 Å². The molecule has 2 nitrogen and oxygen atoms in total. The summed E-state index contributed by atoms with van der Waals surface area (Å²) < 4.78 is 122. The Labute approximate surface area is 99.7 Å². The first-order valence-corrected chi connectivity index (χ1v) is 7.17. The molecule has 0 rings (SSSR count). The van der Waals surface area contributed by atoms with Crippen molar-refractivity contribution in [2.45, 2.75) is 23.3 Å². The zero-order chi connectivity index (χ0) is 14.5. The van der Waals surface area contributed by atoms with Crippen molar-refractivity contribution in [3.63, 3.8) is 0 Å². The fourth-order valence-electron chi connectivity index (χ4n) is 0.897. The first-order valence-electron chi connectivity index (χ1n) is 3.14. The third-order valence-corrected chi connectivity index (χ3v) is 4.97. The summed E-state index contributed by atoms with van der Waals surface area (Å²) in [6.45, 7) is 0. The van der Waals surface area contributed by atoms with Crippen molar-refractivity contribution in [2.24, 2.45) is 0 Å². The predicted octanol–water partition coefficient (Wildman–Crippen LogP) is 3.18. The van der Waals surface area contributed by atoms with Crippen molar-refractivity contribution in [1.82, 2.24) is 0 Å². The van der Waals surface area contributed by atoms with Crippen molar-refractivity contribution in [3.8, 4) is 0 Å². The molecule has 0 saturated heterocycles. The average molecular weight is 410 g/mol. The SMILES string of the molecule is O=S(=O)(I)C(C(F)(F)F)(C(F)(F)F)C(F)(F)F. The Hall–Kier alpha value is 0.0500. The first kappa shape index (κ1) is 17.1. The molecule has 0 bridgehead atoms. The van der Waals surface area contributed by atoms with E-state index in [9.17, 15) is 47.9 Å². The van der Waals surface area contributed by atoms with Gasteiger partial charge in [0.25, 0.3) is 0 Å². The average Bonchev–Trinajstić information content (AvgIpc) is 1.67. The molecule has 13 heteroatoms. The number of hydrogen-bond donors (Lipinski definition) is 0. The number of hydrogen-bond acceptors (Lipinski definition) is 2. The van der Waals surface area contributed by atoms with Gasteiger partial charge in [-0.2, -0.15) is 39.5 Å². The fraction of sp³-hybridized carbons (Fsp3) is 1.00. The van der Waals surface area contributed by atoms with Crippen LogP contribution in [-0.2, 0) is 7.01 Å². The molecule has 0 heterocycles. The van der Waals surface area contributed by atoms with Crippen molar-refractivity contribution >= 4 is 28.2 Å². The van der Waals surface area contributed by atoms with Crippen molar-refractivity contribution in [2.75, 3.05) is 0 Å². The molecule has 0 aliphatic carbocycles. The molecule has 0 saturated carbocycles. The molecule has 0 aliphatic heterocycles. The molecule has 0 unspecified atom stereocenters. The zero-order valence-electron chi connectivity index (χ0n) is 7.00. The minimum Gasteiger partial charge on any atom is -0.217 e. The van der Waals surface area contributed by atoms with E-state index in [0.717, 1.165) is 0 Å². The fourth-order valence-corrected chi connectivity index (χ4v) is 3.97. The van der Waals surface area contributed by atoms with Crippen molar-refractivity contribution in [3.05, 3.63) is 0 Å². The van der Waals surface area contributed by atoms with Gasteiger partial charge in [0.05, 0.1) is 21.2 Å². The van der Waals surface area contributed by atoms with E-state index in [0.29, 0.717) is 0 Å². The maximum absolute atomic E-state index is 12.0. The Morgan fingerprint density at radius 2 is 0.824 bits per heavy atom. The molecule has 0 aromatic carbocycles. The quantitative estimate of drug-likeness (QED) is 0.378. The van der Waals surface area contributed by atoms with E-state index in [1.54, 1.807) is 0 Å². The zero-order valence-corrected chi connectivity index (χ0v) is 9.98. The Bertz CT molecular complexity index is 351. The van der Waals surface area contributed by atoms with Crippen LogP contribution in [0.15, 0.2) is 0 Å². The summed E-state index contributed by atoms with van der Waals surface area (Å²) in [5, 5.41) is 0. The van der Waals surface area contributed by atoms with Crippen LogP contribution in [0.2, 0.25) is 0 Å². The lowest BCUT2D eigenvalue weighted by molar-refractivity contribution is -0.346. The van der Waals surface area contributed by atoms with Gasteiger partial charge in [0.1, 0.15) is 0 Å². The second-order valence-corrected chi connectivity index (χ2v) is 7.58. The van der Waals surface area contributed by atoms with Gasteiger partial charge in [-0.1, -0.05) is 0 Å². The lowest BCUT2D eigenvalue weighted by Gasteiger charge is -2.35. The van der Waals surface area contributed by atoms with Gasteiger partial charge in [0, 0.05) is 0 Å². The summed E-state index contributed by atoms with van der Waals surface area (Å²) in [4.78, 5) is 0. The van der Waals surface area contributed by atoms with E-state index in [1.807, 2.05) is 0 Å². The highest BCUT2D eigenvalue weighted by atomic mass is 127. The Balaban J connectivity index is 6.60. The van der Waals surface area contributed by atoms with Crippen molar-refractivity contribution < 1.29 is 47.9 Å². The molecule has 104 valence electrons. The molecule has 0 atom stereocenters. The Morgan fingerprint density at radius 3 is 0.824 bits per heavy atom. The minimum atomic E-state index is -7.08. The topological polar surface area (TPSA) is 34.1 Å². The van der Waals surface area contributed by atoms with Crippen LogP contribution in [0.3, 0.4) is 0 Å². The van der Waals surface area contributed by atoms with Gasteiger partial charge in [0.15, 0.2) is 0 Å². The van der Waals surface area contributed by atoms with Gasteiger partial charge in [-0.25, -0.2) is 8.42 Å². The van der Waals surface area contributed by atoms with Crippen LogP contribution in [0.25, 0.3) is 0 Å². The molecular weight excluding hydrogens is 410 g/mol. The van der Waals surface area contributed by atoms with E-state index < -0.39 is 51.5 Å². The first-order chi connectivity index (χ1) is 7.00. The van der Waals surface area contributed by atoms with Crippen LogP contribution in [-0.4, -0.2) is 31.7 Å². The molecule has 0 fully saturated rings. The van der Waals surface area contributed by atoms with Crippen LogP contribution >= 0.6 is 21.2 Å². The molecule has 0 radical (unpaired) electrons. The van der Waals surface area contributed by atoms with Crippen LogP contribution in [0.4, 0.5) is 39.5 Å². The van der Waals surface area contributed by atoms with Gasteiger partial charge in [0.2, 0.25) is 7.01 Å². The third kappa shape index (κ3) is 2.44. The van der Waals surface area contributed by atoms with E-state index in [2.05, 4.69) is 0 Å². The molecule has 0 aromatic rings. The highest BCUT2D eigenvalue weighted by molar-refractivity contribution is 14.2. The summed E-state index contributed by atoms with van der Waals surface area (Å²) in [5.74, 6) is 0. The van der Waals surface area contributed by atoms with Crippen LogP contribution in [0.5, 0.6) is 0 Å². The molecule has 0 aliphatic rings. The second-order valence-electron chi connectivity index (χ2n) is 2.61. The van der Waals surface area contributed by atoms with Gasteiger partial charge < -0.3 is 0 Å². The molecular formula is C4F9IO2S. The standard InChI is InChI=1S/C4F9IO2S/c5-2(6,7)1(3(8,9)10,4(11,12)13)17(14,15)16. The highest BCUT2D eigenvalue weighted by Crippen LogP contribution is 2.58. The maximum Gasteiger partial charge on any atom is 0.427 e. The largest absolute Gasteiger partial charge is 0.427 e. The Kier molecular flexibility index (Phi) is 4.04. The molecule has 0 spiro atoms. The second kappa shape index (κ2) is 4.03. The van der Waals surface area contributed by atoms with E-state index in [-0.39, 0.29) is 0 Å². The van der Waals surface area contributed by atoms with Gasteiger partial charge in [-0.3, -0.25) is 0 Å². The normalized spacial score (nSPS) is 16.1. The molecule has 0 amide bonds. The summed E-state index contributed by atoms with van der Waals surface area (Å²) in [5.41, 5.74) is 0. The number of alkyl halides is 9. The lowest BCUT2D eigenvalue weighted by atomic mass is 10.1. The summed E-state index contributed by atoms with van der Waals surface area (Å²) in [7, 11) is -6.60. The number of halogens is 10. The predicted molar refractivity (Wildman–Crippen MR) is 43.8 cm³/mol. The molecule has 0 N–H and O–H groups in total. The third-order valence-electron chi connectivity index (χ3n) is 1.56. The monoisotopic (exact) mass is 410 g/mol. The smallest absolute Gasteiger partial charge is 0.217 e.